The van der Waals surface area contributed by atoms with Crippen LogP contribution >= 0.6 is 12.4 Å². The van der Waals surface area contributed by atoms with Gasteiger partial charge in [0.05, 0.1) is 18.2 Å². The molecule has 3 aromatic rings. The maximum Gasteiger partial charge on any atom is 0.258 e. The average Bonchev–Trinajstić information content (AvgIpc) is 2.68. The van der Waals surface area contributed by atoms with Crippen molar-refractivity contribution >= 4 is 48.9 Å². The number of nitrogens with two attached hydrogens (primary N) is 1. The molecule has 0 bridgehead atoms. The van der Waals surface area contributed by atoms with Gasteiger partial charge in [0.2, 0.25) is 20.0 Å². The Hall–Kier alpha value is -2.40. The van der Waals surface area contributed by atoms with E-state index in [9.17, 15) is 21.6 Å². The largest absolute Gasteiger partial charge is 0.325 e. The van der Waals surface area contributed by atoms with Gasteiger partial charge in [-0.05, 0) is 35.1 Å². The van der Waals surface area contributed by atoms with Crippen molar-refractivity contribution in [2.24, 2.45) is 11.7 Å². The highest BCUT2D eigenvalue weighted by Gasteiger charge is 2.28. The first-order valence-electron chi connectivity index (χ1n) is 10.0. The first-order chi connectivity index (χ1) is 14.9. The van der Waals surface area contributed by atoms with Crippen molar-refractivity contribution in [3.63, 3.8) is 0 Å². The first-order valence-corrected chi connectivity index (χ1v) is 13.7. The van der Waals surface area contributed by atoms with E-state index < -0.39 is 20.0 Å². The summed E-state index contributed by atoms with van der Waals surface area (Å²) in [6.45, 7) is 4.53. The zero-order valence-corrected chi connectivity index (χ0v) is 21.3. The molecule has 3 rings (SSSR count). The van der Waals surface area contributed by atoms with Gasteiger partial charge in [0.1, 0.15) is 0 Å². The number of nitrogens with zero attached hydrogens (tertiary/aromatic N) is 2. The van der Waals surface area contributed by atoms with Gasteiger partial charge in [-0.25, -0.2) is 16.8 Å². The molecule has 0 aliphatic carbocycles. The molecule has 0 radical (unpaired) electrons. The zero-order chi connectivity index (χ0) is 23.8. The Kier molecular flexibility index (Phi) is 8.01. The van der Waals surface area contributed by atoms with Crippen LogP contribution in [0.1, 0.15) is 19.5 Å². The summed E-state index contributed by atoms with van der Waals surface area (Å²) in [6.07, 6.45) is 1.64. The predicted octanol–water partition coefficient (Wildman–Crippen LogP) is 2.93. The molecule has 33 heavy (non-hydrogen) atoms. The highest BCUT2D eigenvalue weighted by molar-refractivity contribution is 8.09. The summed E-state index contributed by atoms with van der Waals surface area (Å²) < 4.78 is 51.2. The number of hydrogen-bond acceptors (Lipinski definition) is 6. The molecule has 8 nitrogen and oxygen atoms in total. The average molecular weight is 514 g/mol. The van der Waals surface area contributed by atoms with Crippen molar-refractivity contribution in [2.75, 3.05) is 16.2 Å². The molecule has 0 unspecified atom stereocenters. The molecule has 0 spiro atoms. The molecule has 0 aliphatic heterocycles. The van der Waals surface area contributed by atoms with Gasteiger partial charge in [-0.15, -0.1) is 12.4 Å². The van der Waals surface area contributed by atoms with Gasteiger partial charge in [-0.2, -0.15) is 3.71 Å². The van der Waals surface area contributed by atoms with Gasteiger partial charge in [-0.3, -0.25) is 4.79 Å². The van der Waals surface area contributed by atoms with E-state index in [4.69, 9.17) is 5.73 Å². The number of halogens is 1. The second-order valence-corrected chi connectivity index (χ2v) is 12.0. The van der Waals surface area contributed by atoms with Crippen LogP contribution in [0.2, 0.25) is 0 Å². The SMILES string of the molecule is CC(C)Cn1c(CN)c(-c2ccccc2)c2cc(N(S(C)(=O)=O)S(C)(=O)=O)ccc2c1=O.Cl. The highest BCUT2D eigenvalue weighted by atomic mass is 35.5. The number of sulfonamides is 2. The van der Waals surface area contributed by atoms with E-state index in [-0.39, 0.29) is 36.1 Å². The number of benzene rings is 2. The van der Waals surface area contributed by atoms with Crippen molar-refractivity contribution in [3.05, 3.63) is 64.6 Å². The molecule has 2 aromatic carbocycles. The minimum absolute atomic E-state index is 0. The number of anilines is 1. The first kappa shape index (κ1) is 26.8. The van der Waals surface area contributed by atoms with Crippen LogP contribution in [0.15, 0.2) is 53.3 Å². The number of hydrogen-bond donors (Lipinski definition) is 1. The van der Waals surface area contributed by atoms with Gasteiger partial charge in [-0.1, -0.05) is 44.2 Å². The van der Waals surface area contributed by atoms with Gasteiger partial charge < -0.3 is 10.3 Å². The van der Waals surface area contributed by atoms with E-state index in [1.54, 1.807) is 4.57 Å². The summed E-state index contributed by atoms with van der Waals surface area (Å²) in [4.78, 5) is 13.4. The molecule has 0 fully saturated rings. The Labute approximate surface area is 200 Å². The summed E-state index contributed by atoms with van der Waals surface area (Å²) in [5.74, 6) is 0.185. The standard InChI is InChI=1S/C22H27N3O5S2.ClH/c1-15(2)14-24-20(13-23)21(16-8-6-5-7-9-16)19-12-17(10-11-18(19)22(24)26)25(31(3,27)28)32(4,29)30;/h5-12,15H,13-14,23H2,1-4H3;1H. The Balaban J connectivity index is 0.00000385. The molecule has 0 amide bonds. The van der Waals surface area contributed by atoms with Crippen LogP contribution in [0.5, 0.6) is 0 Å². The molecule has 0 aliphatic rings. The summed E-state index contributed by atoms with van der Waals surface area (Å²) in [7, 11) is -8.27. The van der Waals surface area contributed by atoms with Crippen LogP contribution in [0.25, 0.3) is 21.9 Å². The molecule has 11 heteroatoms. The van der Waals surface area contributed by atoms with Crippen molar-refractivity contribution < 1.29 is 16.8 Å². The lowest BCUT2D eigenvalue weighted by atomic mass is 9.96. The Morgan fingerprint density at radius 3 is 2.00 bits per heavy atom. The second-order valence-electron chi connectivity index (χ2n) is 8.15. The highest BCUT2D eigenvalue weighted by Crippen LogP contribution is 2.34. The van der Waals surface area contributed by atoms with Gasteiger partial charge in [0.25, 0.3) is 5.56 Å². The van der Waals surface area contributed by atoms with Crippen LogP contribution in [-0.2, 0) is 33.1 Å². The number of aromatic nitrogens is 1. The summed E-state index contributed by atoms with van der Waals surface area (Å²) in [5.41, 5.74) is 7.84. The summed E-state index contributed by atoms with van der Waals surface area (Å²) in [6, 6.07) is 13.5. The van der Waals surface area contributed by atoms with Crippen molar-refractivity contribution in [1.29, 1.82) is 0 Å². The summed E-state index contributed by atoms with van der Waals surface area (Å²) in [5, 5.41) is 0.795. The van der Waals surface area contributed by atoms with E-state index in [2.05, 4.69) is 0 Å². The number of rotatable bonds is 7. The van der Waals surface area contributed by atoms with E-state index in [0.29, 0.717) is 32.3 Å². The van der Waals surface area contributed by atoms with E-state index >= 15 is 0 Å². The lowest BCUT2D eigenvalue weighted by molar-refractivity contribution is 0.499. The molecule has 0 atom stereocenters. The quantitative estimate of drug-likeness (QED) is 0.518. The Bertz CT molecular complexity index is 1400. The Morgan fingerprint density at radius 1 is 0.939 bits per heavy atom. The van der Waals surface area contributed by atoms with Crippen molar-refractivity contribution in [2.45, 2.75) is 26.9 Å². The Morgan fingerprint density at radius 2 is 1.52 bits per heavy atom. The molecule has 0 saturated heterocycles. The second kappa shape index (κ2) is 9.84. The van der Waals surface area contributed by atoms with Crippen LogP contribution in [0, 0.1) is 5.92 Å². The molecule has 2 N–H and O–H groups in total. The van der Waals surface area contributed by atoms with Crippen molar-refractivity contribution in [3.8, 4) is 11.1 Å². The lowest BCUT2D eigenvalue weighted by Crippen LogP contribution is -2.35. The third kappa shape index (κ3) is 5.40. The smallest absolute Gasteiger partial charge is 0.258 e. The fourth-order valence-electron chi connectivity index (χ4n) is 3.92. The molecule has 1 heterocycles. The van der Waals surface area contributed by atoms with Gasteiger partial charge >= 0.3 is 0 Å². The van der Waals surface area contributed by atoms with Crippen LogP contribution in [0.4, 0.5) is 5.69 Å². The molecule has 0 saturated carbocycles. The maximum atomic E-state index is 13.4. The van der Waals surface area contributed by atoms with E-state index in [1.165, 1.54) is 18.2 Å². The van der Waals surface area contributed by atoms with Gasteiger partial charge in [0, 0.05) is 29.7 Å². The van der Waals surface area contributed by atoms with Crippen LogP contribution in [0.3, 0.4) is 0 Å². The third-order valence-corrected chi connectivity index (χ3v) is 8.23. The fraction of sp³-hybridized carbons (Fsp3) is 0.318. The minimum atomic E-state index is -4.13. The summed E-state index contributed by atoms with van der Waals surface area (Å²) >= 11 is 0. The van der Waals surface area contributed by atoms with Gasteiger partial charge in [0.15, 0.2) is 0 Å². The maximum absolute atomic E-state index is 13.4. The number of pyridine rings is 1. The fourth-order valence-corrected chi connectivity index (χ4v) is 6.88. The monoisotopic (exact) mass is 513 g/mol. The predicted molar refractivity (Wildman–Crippen MR) is 136 cm³/mol. The lowest BCUT2D eigenvalue weighted by Gasteiger charge is -2.23. The third-order valence-electron chi connectivity index (χ3n) is 4.98. The zero-order valence-electron chi connectivity index (χ0n) is 18.8. The normalized spacial score (nSPS) is 12.1. The minimum Gasteiger partial charge on any atom is -0.325 e. The topological polar surface area (TPSA) is 120 Å². The van der Waals surface area contributed by atoms with Crippen LogP contribution in [-0.4, -0.2) is 33.9 Å². The van der Waals surface area contributed by atoms with E-state index in [1.807, 2.05) is 44.2 Å². The van der Waals surface area contributed by atoms with Crippen LogP contribution < -0.4 is 15.0 Å². The van der Waals surface area contributed by atoms with Crippen molar-refractivity contribution in [1.82, 2.24) is 4.57 Å². The van der Waals surface area contributed by atoms with E-state index in [0.717, 1.165) is 18.1 Å². The molecule has 1 aromatic heterocycles. The molecular formula is C22H28ClN3O5S2. The number of fused-ring (bicyclic) bond motifs is 1. The molecule has 180 valence electrons. The molecular weight excluding hydrogens is 486 g/mol.